The molecule has 0 spiro atoms. The van der Waals surface area contributed by atoms with Crippen LogP contribution in [0.4, 0.5) is 5.69 Å². The summed E-state index contributed by atoms with van der Waals surface area (Å²) in [7, 11) is 3.13. The van der Waals surface area contributed by atoms with E-state index >= 15 is 0 Å². The second-order valence-electron chi connectivity index (χ2n) is 5.40. The van der Waals surface area contributed by atoms with Crippen molar-refractivity contribution in [3.8, 4) is 11.5 Å². The summed E-state index contributed by atoms with van der Waals surface area (Å²) in [6.45, 7) is 7.68. The molecule has 1 atom stereocenters. The van der Waals surface area contributed by atoms with Gasteiger partial charge in [0.2, 0.25) is 5.91 Å². The van der Waals surface area contributed by atoms with Crippen LogP contribution in [0.2, 0.25) is 0 Å². The minimum Gasteiger partial charge on any atom is -0.493 e. The highest BCUT2D eigenvalue weighted by molar-refractivity contribution is 8.04. The third-order valence-corrected chi connectivity index (χ3v) is 6.60. The van der Waals surface area contributed by atoms with Gasteiger partial charge in [-0.1, -0.05) is 47.0 Å². The molecule has 1 aromatic carbocycles. The number of hydrogen-bond donors (Lipinski definition) is 1. The average Bonchev–Trinajstić information content (AvgIpc) is 3.07. The summed E-state index contributed by atoms with van der Waals surface area (Å²) in [5.41, 5.74) is 1.73. The Bertz CT molecular complexity index is 780. The fourth-order valence-corrected chi connectivity index (χ4v) is 4.86. The highest BCUT2D eigenvalue weighted by atomic mass is 32.2. The first-order chi connectivity index (χ1) is 12.4. The number of rotatable bonds is 9. The number of methoxy groups -OCH3 is 2. The summed E-state index contributed by atoms with van der Waals surface area (Å²) >= 11 is 4.47. The standard InChI is InChI=1S/C17H21N3O3S3/c1-10(2)9-24-16-19-20-17(26-16)25-11(3)15(21)18-12-6-7-13(22-4)14(8-12)23-5/h6-8,11H,1,9H2,2-5H3,(H,18,21)/t11-/m0/s1. The number of ether oxygens (including phenoxy) is 2. The second-order valence-corrected chi connectivity index (χ2v) is 9.19. The fourth-order valence-electron chi connectivity index (χ4n) is 1.85. The lowest BCUT2D eigenvalue weighted by atomic mass is 10.2. The molecule has 0 unspecified atom stereocenters. The zero-order valence-corrected chi connectivity index (χ0v) is 17.5. The summed E-state index contributed by atoms with van der Waals surface area (Å²) in [5, 5.41) is 10.8. The SMILES string of the molecule is C=C(C)CSc1nnc(S[C@@H](C)C(=O)Nc2ccc(OC)c(OC)c2)s1. The predicted octanol–water partition coefficient (Wildman–Crippen LogP) is 4.34. The first-order valence-corrected chi connectivity index (χ1v) is 10.4. The van der Waals surface area contributed by atoms with Crippen LogP contribution in [0.5, 0.6) is 11.5 Å². The molecule has 140 valence electrons. The lowest BCUT2D eigenvalue weighted by Crippen LogP contribution is -2.22. The average molecular weight is 412 g/mol. The molecule has 1 N–H and O–H groups in total. The molecule has 0 bridgehead atoms. The van der Waals surface area contributed by atoms with E-state index in [9.17, 15) is 4.79 Å². The third kappa shape index (κ3) is 5.93. The number of nitrogens with zero attached hydrogens (tertiary/aromatic N) is 2. The molecule has 6 nitrogen and oxygen atoms in total. The van der Waals surface area contributed by atoms with Crippen LogP contribution in [0.15, 0.2) is 39.0 Å². The molecule has 26 heavy (non-hydrogen) atoms. The monoisotopic (exact) mass is 411 g/mol. The second kappa shape index (κ2) is 9.84. The molecular formula is C17H21N3O3S3. The van der Waals surface area contributed by atoms with Gasteiger partial charge in [-0.2, -0.15) is 0 Å². The number of thioether (sulfide) groups is 2. The van der Waals surface area contributed by atoms with E-state index < -0.39 is 0 Å². The van der Waals surface area contributed by atoms with Crippen LogP contribution in [-0.4, -0.2) is 41.3 Å². The Kier molecular flexibility index (Phi) is 7.80. The zero-order valence-electron chi connectivity index (χ0n) is 15.1. The zero-order chi connectivity index (χ0) is 19.1. The van der Waals surface area contributed by atoms with Crippen molar-refractivity contribution >= 4 is 46.5 Å². The Morgan fingerprint density at radius 1 is 1.27 bits per heavy atom. The molecule has 1 amide bonds. The van der Waals surface area contributed by atoms with Crippen LogP contribution in [0, 0.1) is 0 Å². The Morgan fingerprint density at radius 2 is 1.96 bits per heavy atom. The minimum absolute atomic E-state index is 0.117. The molecule has 0 aliphatic carbocycles. The van der Waals surface area contributed by atoms with Gasteiger partial charge in [0, 0.05) is 17.5 Å². The Balaban J connectivity index is 1.94. The maximum atomic E-state index is 12.4. The van der Waals surface area contributed by atoms with Gasteiger partial charge in [0.25, 0.3) is 0 Å². The summed E-state index contributed by atoms with van der Waals surface area (Å²) < 4.78 is 12.1. The van der Waals surface area contributed by atoms with Gasteiger partial charge in [-0.05, 0) is 26.0 Å². The lowest BCUT2D eigenvalue weighted by molar-refractivity contribution is -0.115. The normalized spacial score (nSPS) is 11.7. The highest BCUT2D eigenvalue weighted by Gasteiger charge is 2.18. The highest BCUT2D eigenvalue weighted by Crippen LogP contribution is 2.33. The number of nitrogens with one attached hydrogen (secondary N) is 1. The van der Waals surface area contributed by atoms with Crippen molar-refractivity contribution < 1.29 is 14.3 Å². The number of anilines is 1. The summed E-state index contributed by atoms with van der Waals surface area (Å²) in [6, 6.07) is 5.25. The van der Waals surface area contributed by atoms with E-state index in [0.29, 0.717) is 17.2 Å². The molecule has 1 aromatic heterocycles. The lowest BCUT2D eigenvalue weighted by Gasteiger charge is -2.13. The van der Waals surface area contributed by atoms with Crippen LogP contribution < -0.4 is 14.8 Å². The molecule has 2 rings (SSSR count). The summed E-state index contributed by atoms with van der Waals surface area (Å²) in [5.74, 6) is 1.87. The number of benzene rings is 1. The van der Waals surface area contributed by atoms with Gasteiger partial charge >= 0.3 is 0 Å². The van der Waals surface area contributed by atoms with Gasteiger partial charge in [0.1, 0.15) is 0 Å². The van der Waals surface area contributed by atoms with Gasteiger partial charge in [-0.25, -0.2) is 0 Å². The van der Waals surface area contributed by atoms with Crippen LogP contribution in [0.3, 0.4) is 0 Å². The van der Waals surface area contributed by atoms with Gasteiger partial charge in [0.15, 0.2) is 20.2 Å². The van der Waals surface area contributed by atoms with E-state index in [1.165, 1.54) is 23.1 Å². The van der Waals surface area contributed by atoms with Crippen molar-refractivity contribution in [3.63, 3.8) is 0 Å². The largest absolute Gasteiger partial charge is 0.493 e. The molecule has 0 saturated carbocycles. The molecule has 2 aromatic rings. The molecular weight excluding hydrogens is 390 g/mol. The fraction of sp³-hybridized carbons (Fsp3) is 0.353. The molecule has 0 aliphatic heterocycles. The first kappa shape index (κ1) is 20.6. The Hall–Kier alpha value is -1.71. The number of hydrogen-bond acceptors (Lipinski definition) is 8. The van der Waals surface area contributed by atoms with E-state index in [0.717, 1.165) is 20.0 Å². The predicted molar refractivity (Wildman–Crippen MR) is 109 cm³/mol. The van der Waals surface area contributed by atoms with Crippen molar-refractivity contribution in [2.45, 2.75) is 27.8 Å². The van der Waals surface area contributed by atoms with Crippen molar-refractivity contribution in [1.29, 1.82) is 0 Å². The van der Waals surface area contributed by atoms with E-state index in [4.69, 9.17) is 9.47 Å². The van der Waals surface area contributed by atoms with Crippen molar-refractivity contribution in [2.24, 2.45) is 0 Å². The third-order valence-electron chi connectivity index (χ3n) is 3.13. The molecule has 0 saturated heterocycles. The number of amides is 1. The van der Waals surface area contributed by atoms with E-state index in [1.54, 1.807) is 44.2 Å². The van der Waals surface area contributed by atoms with Crippen LogP contribution in [0.1, 0.15) is 13.8 Å². The van der Waals surface area contributed by atoms with Crippen LogP contribution in [0.25, 0.3) is 0 Å². The quantitative estimate of drug-likeness (QED) is 0.486. The maximum absolute atomic E-state index is 12.4. The van der Waals surface area contributed by atoms with E-state index in [1.807, 2.05) is 13.8 Å². The molecule has 0 radical (unpaired) electrons. The number of carbonyl (C=O) groups excluding carboxylic acids is 1. The van der Waals surface area contributed by atoms with E-state index in [2.05, 4.69) is 22.1 Å². The van der Waals surface area contributed by atoms with Crippen LogP contribution in [-0.2, 0) is 4.79 Å². The Labute approximate surface area is 165 Å². The van der Waals surface area contributed by atoms with Crippen molar-refractivity contribution in [2.75, 3.05) is 25.3 Å². The number of carbonyl (C=O) groups is 1. The minimum atomic E-state index is -0.310. The van der Waals surface area contributed by atoms with Crippen molar-refractivity contribution in [1.82, 2.24) is 10.2 Å². The maximum Gasteiger partial charge on any atom is 0.237 e. The van der Waals surface area contributed by atoms with Gasteiger partial charge < -0.3 is 14.8 Å². The van der Waals surface area contributed by atoms with Crippen LogP contribution >= 0.6 is 34.9 Å². The molecule has 1 heterocycles. The molecule has 0 fully saturated rings. The molecule has 0 aliphatic rings. The van der Waals surface area contributed by atoms with Crippen molar-refractivity contribution in [3.05, 3.63) is 30.4 Å². The smallest absolute Gasteiger partial charge is 0.237 e. The Morgan fingerprint density at radius 3 is 2.62 bits per heavy atom. The summed E-state index contributed by atoms with van der Waals surface area (Å²) in [6.07, 6.45) is 0. The summed E-state index contributed by atoms with van der Waals surface area (Å²) in [4.78, 5) is 12.4. The van der Waals surface area contributed by atoms with Gasteiger partial charge in [0.05, 0.1) is 19.5 Å². The molecule has 9 heteroatoms. The number of aromatic nitrogens is 2. The topological polar surface area (TPSA) is 73.3 Å². The van der Waals surface area contributed by atoms with Gasteiger partial charge in [-0.15, -0.1) is 10.2 Å². The first-order valence-electron chi connectivity index (χ1n) is 7.73. The van der Waals surface area contributed by atoms with Gasteiger partial charge in [-0.3, -0.25) is 4.79 Å². The van der Waals surface area contributed by atoms with E-state index in [-0.39, 0.29) is 11.2 Å².